The van der Waals surface area contributed by atoms with Gasteiger partial charge in [0, 0.05) is 18.8 Å². The normalized spacial score (nSPS) is 20.1. The number of carbonyl (C=O) groups is 2. The van der Waals surface area contributed by atoms with E-state index in [1.807, 2.05) is 17.2 Å². The Balaban J connectivity index is 2.74. The molecule has 0 spiro atoms. The van der Waals surface area contributed by atoms with E-state index < -0.39 is 17.9 Å². The van der Waals surface area contributed by atoms with Gasteiger partial charge in [-0.1, -0.05) is 0 Å². The summed E-state index contributed by atoms with van der Waals surface area (Å²) in [7, 11) is 0. The van der Waals surface area contributed by atoms with E-state index in [2.05, 4.69) is 12.2 Å². The Kier molecular flexibility index (Phi) is 7.82. The summed E-state index contributed by atoms with van der Waals surface area (Å²) >= 11 is 1.51. The first-order valence-electron chi connectivity index (χ1n) is 7.39. The molecule has 22 heavy (non-hydrogen) atoms. The molecule has 1 amide bonds. The highest BCUT2D eigenvalue weighted by Crippen LogP contribution is 2.17. The van der Waals surface area contributed by atoms with Crippen LogP contribution in [-0.4, -0.2) is 52.5 Å². The van der Waals surface area contributed by atoms with Crippen molar-refractivity contribution >= 4 is 23.6 Å². The smallest absolute Gasteiger partial charge is 0.326 e. The lowest BCUT2D eigenvalue weighted by Gasteiger charge is -2.32. The standard InChI is InChI=1S/C15H23N3O3S/c1-11-5-3-4-7-18(11)10-12(9-16)14(19)17-13(15(20)21)6-8-22-2/h10-11,13H,3-8H2,1-2H3,(H,17,19)(H,20,21)/b12-10-. The molecule has 1 aliphatic heterocycles. The number of nitriles is 1. The van der Waals surface area contributed by atoms with Gasteiger partial charge in [-0.3, -0.25) is 4.79 Å². The van der Waals surface area contributed by atoms with Crippen molar-refractivity contribution in [3.8, 4) is 6.07 Å². The van der Waals surface area contributed by atoms with Crippen LogP contribution in [0.5, 0.6) is 0 Å². The Bertz CT molecular complexity index is 473. The van der Waals surface area contributed by atoms with Crippen molar-refractivity contribution in [2.45, 2.75) is 44.7 Å². The number of nitrogens with zero attached hydrogens (tertiary/aromatic N) is 2. The number of aliphatic carboxylic acids is 1. The highest BCUT2D eigenvalue weighted by Gasteiger charge is 2.23. The number of likely N-dealkylation sites (tertiary alicyclic amines) is 1. The molecule has 2 unspecified atom stereocenters. The van der Waals surface area contributed by atoms with Gasteiger partial charge in [-0.2, -0.15) is 17.0 Å². The minimum absolute atomic E-state index is 0.0378. The van der Waals surface area contributed by atoms with Crippen LogP contribution in [0.3, 0.4) is 0 Å². The summed E-state index contributed by atoms with van der Waals surface area (Å²) < 4.78 is 0. The molecule has 0 aromatic heterocycles. The highest BCUT2D eigenvalue weighted by molar-refractivity contribution is 7.98. The Morgan fingerprint density at radius 2 is 2.27 bits per heavy atom. The number of thioether (sulfide) groups is 1. The maximum Gasteiger partial charge on any atom is 0.326 e. The van der Waals surface area contributed by atoms with Crippen LogP contribution >= 0.6 is 11.8 Å². The lowest BCUT2D eigenvalue weighted by molar-refractivity contribution is -0.141. The molecular weight excluding hydrogens is 302 g/mol. The van der Waals surface area contributed by atoms with E-state index in [1.54, 1.807) is 6.20 Å². The number of amides is 1. The van der Waals surface area contributed by atoms with Gasteiger partial charge >= 0.3 is 5.97 Å². The number of hydrogen-bond acceptors (Lipinski definition) is 5. The lowest BCUT2D eigenvalue weighted by atomic mass is 10.0. The van der Waals surface area contributed by atoms with E-state index in [-0.39, 0.29) is 11.6 Å². The second-order valence-electron chi connectivity index (χ2n) is 5.38. The topological polar surface area (TPSA) is 93.4 Å². The molecule has 0 aliphatic carbocycles. The van der Waals surface area contributed by atoms with E-state index in [9.17, 15) is 14.9 Å². The first kappa shape index (κ1) is 18.4. The van der Waals surface area contributed by atoms with Crippen LogP contribution < -0.4 is 5.32 Å². The van der Waals surface area contributed by atoms with Gasteiger partial charge in [-0.25, -0.2) is 4.79 Å². The van der Waals surface area contributed by atoms with Crippen molar-refractivity contribution in [1.82, 2.24) is 10.2 Å². The molecular formula is C15H23N3O3S. The third-order valence-electron chi connectivity index (χ3n) is 3.73. The maximum absolute atomic E-state index is 12.1. The van der Waals surface area contributed by atoms with E-state index in [0.717, 1.165) is 25.8 Å². The maximum atomic E-state index is 12.1. The molecule has 1 heterocycles. The summed E-state index contributed by atoms with van der Waals surface area (Å²) in [5.41, 5.74) is -0.0378. The van der Waals surface area contributed by atoms with Crippen molar-refractivity contribution < 1.29 is 14.7 Å². The Labute approximate surface area is 135 Å². The van der Waals surface area contributed by atoms with E-state index in [1.165, 1.54) is 11.8 Å². The molecule has 0 aromatic rings. The summed E-state index contributed by atoms with van der Waals surface area (Å²) in [5.74, 6) is -1.06. The molecule has 0 bridgehead atoms. The predicted molar refractivity (Wildman–Crippen MR) is 86.3 cm³/mol. The van der Waals surface area contributed by atoms with Gasteiger partial charge in [0.2, 0.25) is 0 Å². The Hall–Kier alpha value is -1.68. The van der Waals surface area contributed by atoms with Gasteiger partial charge in [0.25, 0.3) is 5.91 Å². The number of hydrogen-bond donors (Lipinski definition) is 2. The molecule has 0 aromatic carbocycles. The van der Waals surface area contributed by atoms with Gasteiger partial charge in [-0.15, -0.1) is 0 Å². The number of nitrogens with one attached hydrogen (secondary N) is 1. The zero-order valence-electron chi connectivity index (χ0n) is 13.0. The third kappa shape index (κ3) is 5.60. The van der Waals surface area contributed by atoms with Crippen molar-refractivity contribution in [2.75, 3.05) is 18.6 Å². The summed E-state index contributed by atoms with van der Waals surface area (Å²) in [6, 6.07) is 1.21. The number of piperidine rings is 1. The zero-order chi connectivity index (χ0) is 16.5. The van der Waals surface area contributed by atoms with E-state index in [4.69, 9.17) is 5.11 Å². The number of carbonyl (C=O) groups excluding carboxylic acids is 1. The fourth-order valence-electron chi connectivity index (χ4n) is 2.35. The van der Waals surface area contributed by atoms with Gasteiger partial charge < -0.3 is 15.3 Å². The van der Waals surface area contributed by atoms with E-state index in [0.29, 0.717) is 12.2 Å². The molecule has 122 valence electrons. The molecule has 1 rings (SSSR count). The molecule has 6 nitrogen and oxygen atoms in total. The summed E-state index contributed by atoms with van der Waals surface area (Å²) in [6.45, 7) is 2.87. The average molecular weight is 325 g/mol. The largest absolute Gasteiger partial charge is 0.480 e. The highest BCUT2D eigenvalue weighted by atomic mass is 32.2. The van der Waals surface area contributed by atoms with Crippen LogP contribution in [0.1, 0.15) is 32.6 Å². The lowest BCUT2D eigenvalue weighted by Crippen LogP contribution is -2.42. The van der Waals surface area contributed by atoms with Crippen LogP contribution in [0.2, 0.25) is 0 Å². The number of carboxylic acids is 1. The Morgan fingerprint density at radius 3 is 2.82 bits per heavy atom. The number of rotatable bonds is 7. The quantitative estimate of drug-likeness (QED) is 0.545. The van der Waals surface area contributed by atoms with Gasteiger partial charge in [-0.05, 0) is 44.6 Å². The van der Waals surface area contributed by atoms with Gasteiger partial charge in [0.1, 0.15) is 17.7 Å². The number of carboxylic acid groups (broad SMARTS) is 1. The molecule has 1 aliphatic rings. The minimum atomic E-state index is -1.08. The van der Waals surface area contributed by atoms with Gasteiger partial charge in [0.15, 0.2) is 0 Å². The third-order valence-corrected chi connectivity index (χ3v) is 4.37. The molecule has 7 heteroatoms. The van der Waals surface area contributed by atoms with Gasteiger partial charge in [0.05, 0.1) is 0 Å². The molecule has 0 saturated carbocycles. The summed E-state index contributed by atoms with van der Waals surface area (Å²) in [4.78, 5) is 25.3. The fourth-order valence-corrected chi connectivity index (χ4v) is 2.82. The van der Waals surface area contributed by atoms with Crippen molar-refractivity contribution in [1.29, 1.82) is 5.26 Å². The first-order chi connectivity index (χ1) is 10.5. The monoisotopic (exact) mass is 325 g/mol. The Morgan fingerprint density at radius 1 is 1.55 bits per heavy atom. The first-order valence-corrected chi connectivity index (χ1v) is 8.79. The summed E-state index contributed by atoms with van der Waals surface area (Å²) in [5, 5.41) is 20.8. The zero-order valence-corrected chi connectivity index (χ0v) is 13.9. The van der Waals surface area contributed by atoms with Crippen molar-refractivity contribution in [3.63, 3.8) is 0 Å². The minimum Gasteiger partial charge on any atom is -0.480 e. The second-order valence-corrected chi connectivity index (χ2v) is 6.37. The molecule has 2 N–H and O–H groups in total. The molecule has 1 fully saturated rings. The fraction of sp³-hybridized carbons (Fsp3) is 0.667. The van der Waals surface area contributed by atoms with Crippen LogP contribution in [-0.2, 0) is 9.59 Å². The van der Waals surface area contributed by atoms with Crippen molar-refractivity contribution in [2.24, 2.45) is 0 Å². The van der Waals surface area contributed by atoms with Crippen LogP contribution in [0, 0.1) is 11.3 Å². The molecule has 0 radical (unpaired) electrons. The summed E-state index contributed by atoms with van der Waals surface area (Å²) in [6.07, 6.45) is 6.98. The van der Waals surface area contributed by atoms with Crippen LogP contribution in [0.15, 0.2) is 11.8 Å². The molecule has 1 saturated heterocycles. The average Bonchev–Trinajstić information content (AvgIpc) is 2.50. The van der Waals surface area contributed by atoms with Crippen molar-refractivity contribution in [3.05, 3.63) is 11.8 Å². The van der Waals surface area contributed by atoms with Crippen LogP contribution in [0.4, 0.5) is 0 Å². The second kappa shape index (κ2) is 9.36. The molecule has 2 atom stereocenters. The van der Waals surface area contributed by atoms with Crippen LogP contribution in [0.25, 0.3) is 0 Å². The SMILES string of the molecule is CSCCC(NC(=O)/C(C#N)=C\N1CCCCC1C)C(=O)O. The predicted octanol–water partition coefficient (Wildman–Crippen LogP) is 1.59. The van der Waals surface area contributed by atoms with E-state index >= 15 is 0 Å².